The van der Waals surface area contributed by atoms with Crippen LogP contribution in [0.15, 0.2) is 64.4 Å². The lowest BCUT2D eigenvalue weighted by molar-refractivity contribution is -0.128. The summed E-state index contributed by atoms with van der Waals surface area (Å²) < 4.78 is 52.3. The van der Waals surface area contributed by atoms with Gasteiger partial charge in [0.1, 0.15) is 0 Å². The smallest absolute Gasteiger partial charge is 0.241 e. The minimum Gasteiger partial charge on any atom is -0.340 e. The zero-order chi connectivity index (χ0) is 20.4. The number of aryl methyl sites for hydroxylation is 1. The second-order valence-corrected chi connectivity index (χ2v) is 10.7. The number of sulfonamides is 1. The Labute approximate surface area is 165 Å². The molecule has 1 atom stereocenters. The van der Waals surface area contributed by atoms with Gasteiger partial charge in [-0.25, -0.2) is 21.6 Å². The number of amides is 1. The summed E-state index contributed by atoms with van der Waals surface area (Å²) in [6.45, 7) is 1.71. The van der Waals surface area contributed by atoms with E-state index in [1.807, 2.05) is 0 Å². The molecule has 0 bridgehead atoms. The molecule has 3 rings (SSSR count). The normalized spacial score (nSPS) is 17.6. The van der Waals surface area contributed by atoms with E-state index < -0.39 is 37.6 Å². The van der Waals surface area contributed by atoms with E-state index >= 15 is 0 Å². The van der Waals surface area contributed by atoms with Crippen molar-refractivity contribution < 1.29 is 21.6 Å². The Morgan fingerprint density at radius 1 is 1.04 bits per heavy atom. The second-order valence-electron chi connectivity index (χ2n) is 6.75. The molecule has 2 aromatic carbocycles. The summed E-state index contributed by atoms with van der Waals surface area (Å²) in [6, 6.07) is 14.5. The molecule has 0 aliphatic carbocycles. The standard InChI is InChI=1S/C19H22N2O5S2/c1-15-6-5-9-17(12-15)28(25,26)20-13-19(22)21-11-10-18(14-21)27(23,24)16-7-3-2-4-8-16/h2-9,12,18,20H,10-11,13-14H2,1H3. The highest BCUT2D eigenvalue weighted by molar-refractivity contribution is 7.92. The number of rotatable bonds is 6. The molecule has 0 saturated carbocycles. The average Bonchev–Trinajstić information content (AvgIpc) is 3.18. The van der Waals surface area contributed by atoms with Gasteiger partial charge in [0.25, 0.3) is 0 Å². The van der Waals surface area contributed by atoms with Crippen molar-refractivity contribution in [3.05, 3.63) is 60.2 Å². The summed E-state index contributed by atoms with van der Waals surface area (Å²) in [6.07, 6.45) is 0.327. The molecular formula is C19H22N2O5S2. The Bertz CT molecular complexity index is 1070. The molecule has 1 fully saturated rings. The number of hydrogen-bond acceptors (Lipinski definition) is 5. The molecule has 0 spiro atoms. The SMILES string of the molecule is Cc1cccc(S(=O)(=O)NCC(=O)N2CCC(S(=O)(=O)c3ccccc3)C2)c1. The molecule has 9 heteroatoms. The van der Waals surface area contributed by atoms with Gasteiger partial charge in [0, 0.05) is 13.1 Å². The number of hydrogen-bond donors (Lipinski definition) is 1. The zero-order valence-electron chi connectivity index (χ0n) is 15.4. The van der Waals surface area contributed by atoms with E-state index in [1.54, 1.807) is 37.3 Å². The Hall–Kier alpha value is -2.23. The fourth-order valence-corrected chi connectivity index (χ4v) is 5.94. The van der Waals surface area contributed by atoms with Crippen molar-refractivity contribution >= 4 is 25.8 Å². The maximum absolute atomic E-state index is 12.7. The van der Waals surface area contributed by atoms with Gasteiger partial charge in [0.2, 0.25) is 15.9 Å². The molecule has 1 unspecified atom stereocenters. The first-order valence-electron chi connectivity index (χ1n) is 8.83. The van der Waals surface area contributed by atoms with E-state index in [-0.39, 0.29) is 22.9 Å². The molecule has 2 aromatic rings. The quantitative estimate of drug-likeness (QED) is 0.757. The van der Waals surface area contributed by atoms with Crippen LogP contribution in [0.5, 0.6) is 0 Å². The third-order valence-corrected chi connectivity index (χ3v) is 8.31. The summed E-state index contributed by atoms with van der Waals surface area (Å²) in [5, 5.41) is -0.688. The van der Waals surface area contributed by atoms with E-state index in [0.29, 0.717) is 6.42 Å². The van der Waals surface area contributed by atoms with Crippen molar-refractivity contribution in [2.45, 2.75) is 28.4 Å². The number of carbonyl (C=O) groups is 1. The van der Waals surface area contributed by atoms with Crippen LogP contribution < -0.4 is 4.72 Å². The molecular weight excluding hydrogens is 400 g/mol. The summed E-state index contributed by atoms with van der Waals surface area (Å²) in [7, 11) is -7.34. The van der Waals surface area contributed by atoms with Gasteiger partial charge in [-0.3, -0.25) is 4.79 Å². The molecule has 0 aromatic heterocycles. The van der Waals surface area contributed by atoms with E-state index in [9.17, 15) is 21.6 Å². The maximum Gasteiger partial charge on any atom is 0.241 e. The van der Waals surface area contributed by atoms with Gasteiger partial charge >= 0.3 is 0 Å². The Kier molecular flexibility index (Phi) is 5.87. The highest BCUT2D eigenvalue weighted by Gasteiger charge is 2.36. The van der Waals surface area contributed by atoms with Gasteiger partial charge in [-0.15, -0.1) is 0 Å². The Morgan fingerprint density at radius 3 is 2.39 bits per heavy atom. The van der Waals surface area contributed by atoms with Gasteiger partial charge in [-0.2, -0.15) is 0 Å². The highest BCUT2D eigenvalue weighted by atomic mass is 32.2. The van der Waals surface area contributed by atoms with Crippen LogP contribution in [0.25, 0.3) is 0 Å². The predicted octanol–water partition coefficient (Wildman–Crippen LogP) is 1.35. The van der Waals surface area contributed by atoms with Crippen molar-refractivity contribution in [1.29, 1.82) is 0 Å². The molecule has 1 amide bonds. The molecule has 1 aliphatic heterocycles. The molecule has 1 saturated heterocycles. The van der Waals surface area contributed by atoms with Crippen LogP contribution in [0.4, 0.5) is 0 Å². The van der Waals surface area contributed by atoms with Crippen LogP contribution in [0.1, 0.15) is 12.0 Å². The van der Waals surface area contributed by atoms with Crippen molar-refractivity contribution in [2.75, 3.05) is 19.6 Å². The van der Waals surface area contributed by atoms with Crippen LogP contribution in [0.3, 0.4) is 0 Å². The summed E-state index contributed by atoms with van der Waals surface area (Å²) in [5.74, 6) is -0.443. The molecule has 28 heavy (non-hydrogen) atoms. The van der Waals surface area contributed by atoms with E-state index in [4.69, 9.17) is 0 Å². The number of nitrogens with zero attached hydrogens (tertiary/aromatic N) is 1. The monoisotopic (exact) mass is 422 g/mol. The summed E-state index contributed by atoms with van der Waals surface area (Å²) >= 11 is 0. The van der Waals surface area contributed by atoms with Crippen LogP contribution in [-0.2, 0) is 24.7 Å². The highest BCUT2D eigenvalue weighted by Crippen LogP contribution is 2.23. The number of sulfone groups is 1. The molecule has 150 valence electrons. The molecule has 0 radical (unpaired) electrons. The topological polar surface area (TPSA) is 101 Å². The Balaban J connectivity index is 1.62. The lowest BCUT2D eigenvalue weighted by Gasteiger charge is -2.17. The van der Waals surface area contributed by atoms with E-state index in [0.717, 1.165) is 5.56 Å². The first kappa shape index (κ1) is 20.5. The Morgan fingerprint density at radius 2 is 1.71 bits per heavy atom. The van der Waals surface area contributed by atoms with E-state index in [1.165, 1.54) is 29.2 Å². The largest absolute Gasteiger partial charge is 0.340 e. The number of likely N-dealkylation sites (tertiary alicyclic amines) is 1. The third-order valence-electron chi connectivity index (χ3n) is 4.72. The number of benzene rings is 2. The van der Waals surface area contributed by atoms with Crippen LogP contribution in [-0.4, -0.2) is 52.5 Å². The fraction of sp³-hybridized carbons (Fsp3) is 0.316. The van der Waals surface area contributed by atoms with Gasteiger partial charge in [-0.1, -0.05) is 30.3 Å². The molecule has 7 nitrogen and oxygen atoms in total. The minimum absolute atomic E-state index is 0.0578. The van der Waals surface area contributed by atoms with Crippen LogP contribution >= 0.6 is 0 Å². The van der Waals surface area contributed by atoms with Crippen molar-refractivity contribution in [3.63, 3.8) is 0 Å². The lowest BCUT2D eigenvalue weighted by Crippen LogP contribution is -2.40. The number of carbonyl (C=O) groups excluding carboxylic acids is 1. The zero-order valence-corrected chi connectivity index (χ0v) is 17.0. The third kappa shape index (κ3) is 4.43. The first-order chi connectivity index (χ1) is 13.2. The minimum atomic E-state index is -3.81. The summed E-state index contributed by atoms with van der Waals surface area (Å²) in [4.78, 5) is 14.1. The fourth-order valence-electron chi connectivity index (χ4n) is 3.15. The van der Waals surface area contributed by atoms with Crippen molar-refractivity contribution in [3.8, 4) is 0 Å². The first-order valence-corrected chi connectivity index (χ1v) is 11.9. The molecule has 1 heterocycles. The van der Waals surface area contributed by atoms with Gasteiger partial charge < -0.3 is 4.90 Å². The van der Waals surface area contributed by atoms with Crippen LogP contribution in [0, 0.1) is 6.92 Å². The predicted molar refractivity (Wildman–Crippen MR) is 105 cm³/mol. The van der Waals surface area contributed by atoms with Crippen molar-refractivity contribution in [1.82, 2.24) is 9.62 Å². The summed E-state index contributed by atoms with van der Waals surface area (Å²) in [5.41, 5.74) is 0.794. The van der Waals surface area contributed by atoms with E-state index in [2.05, 4.69) is 4.72 Å². The average molecular weight is 423 g/mol. The van der Waals surface area contributed by atoms with Crippen molar-refractivity contribution in [2.24, 2.45) is 0 Å². The number of nitrogens with one attached hydrogen (secondary N) is 1. The molecule has 1 aliphatic rings. The van der Waals surface area contributed by atoms with Gasteiger partial charge in [0.05, 0.1) is 21.6 Å². The van der Waals surface area contributed by atoms with Gasteiger partial charge in [-0.05, 0) is 43.2 Å². The van der Waals surface area contributed by atoms with Crippen LogP contribution in [0.2, 0.25) is 0 Å². The maximum atomic E-state index is 12.7. The van der Waals surface area contributed by atoms with Gasteiger partial charge in [0.15, 0.2) is 9.84 Å². The molecule has 1 N–H and O–H groups in total. The lowest BCUT2D eigenvalue weighted by atomic mass is 10.2. The second kappa shape index (κ2) is 8.02.